The highest BCUT2D eigenvalue weighted by molar-refractivity contribution is 7.19. The lowest BCUT2D eigenvalue weighted by atomic mass is 10.0. The van der Waals surface area contributed by atoms with Crippen LogP contribution in [-0.4, -0.2) is 0 Å². The van der Waals surface area contributed by atoms with Gasteiger partial charge in [0.25, 0.3) is 0 Å². The van der Waals surface area contributed by atoms with Crippen molar-refractivity contribution in [2.45, 2.75) is 20.8 Å². The van der Waals surface area contributed by atoms with Crippen LogP contribution in [0.15, 0.2) is 0 Å². The largest absolute Gasteiger partial charge is 0.133 e. The van der Waals surface area contributed by atoms with E-state index in [0.717, 1.165) is 0 Å². The third-order valence-corrected chi connectivity index (χ3v) is 1.50. The van der Waals surface area contributed by atoms with E-state index in [1.165, 1.54) is 0 Å². The average molecular weight is 103 g/mol. The van der Waals surface area contributed by atoms with Crippen molar-refractivity contribution < 1.29 is 0 Å². The Morgan fingerprint density at radius 2 is 1.50 bits per heavy atom. The van der Waals surface area contributed by atoms with Crippen LogP contribution >= 0.6 is 9.24 Å². The lowest BCUT2D eigenvalue weighted by Crippen LogP contribution is -1.99. The van der Waals surface area contributed by atoms with Gasteiger partial charge in [-0.2, -0.15) is 0 Å². The Balaban J connectivity index is 3.17. The molecule has 1 heteroatoms. The van der Waals surface area contributed by atoms with Gasteiger partial charge in [0, 0.05) is 0 Å². The van der Waals surface area contributed by atoms with E-state index in [1.54, 1.807) is 0 Å². The lowest BCUT2D eigenvalue weighted by molar-refractivity contribution is 0.527. The van der Waals surface area contributed by atoms with Gasteiger partial charge in [-0.15, -0.1) is 9.24 Å². The molecule has 0 aliphatic rings. The van der Waals surface area contributed by atoms with Gasteiger partial charge in [0.05, 0.1) is 0 Å². The second-order valence-corrected chi connectivity index (χ2v) is 2.87. The van der Waals surface area contributed by atoms with Gasteiger partial charge < -0.3 is 0 Å². The topological polar surface area (TPSA) is 0 Å². The predicted molar refractivity (Wildman–Crippen MR) is 33.5 cm³/mol. The zero-order valence-electron chi connectivity index (χ0n) is 4.65. The Bertz CT molecular complexity index is 33.7. The molecule has 1 atom stereocenters. The quantitative estimate of drug-likeness (QED) is 0.412. The first kappa shape index (κ1) is 6.43. The summed E-state index contributed by atoms with van der Waals surface area (Å²) in [6, 6.07) is 0. The second kappa shape index (κ2) is 1.93. The summed E-state index contributed by atoms with van der Waals surface area (Å²) >= 11 is 0. The summed E-state index contributed by atoms with van der Waals surface area (Å²) in [7, 11) is 2.60. The minimum absolute atomic E-state index is 0.380. The molecule has 0 bridgehead atoms. The number of hydrogen-bond donors (Lipinski definition) is 0. The third-order valence-electron chi connectivity index (χ3n) is 0.500. The molecule has 0 spiro atoms. The number of hydrogen-bond acceptors (Lipinski definition) is 0. The van der Waals surface area contributed by atoms with Crippen LogP contribution < -0.4 is 0 Å². The maximum atomic E-state index is 2.60. The molecule has 0 fully saturated rings. The van der Waals surface area contributed by atoms with Gasteiger partial charge in [-0.25, -0.2) is 0 Å². The molecule has 0 aliphatic carbocycles. The van der Waals surface area contributed by atoms with E-state index in [1.807, 2.05) is 0 Å². The molecule has 0 heterocycles. The van der Waals surface area contributed by atoms with Gasteiger partial charge in [0.15, 0.2) is 0 Å². The zero-order valence-corrected chi connectivity index (χ0v) is 5.81. The fraction of sp³-hybridized carbons (Fsp3) is 0.800. The molecule has 1 radical (unpaired) electrons. The van der Waals surface area contributed by atoms with E-state index < -0.39 is 0 Å². The molecular weight excluding hydrogens is 91.0 g/mol. The SMILES string of the molecule is CC(C)(C)[CH]P. The van der Waals surface area contributed by atoms with E-state index in [4.69, 9.17) is 0 Å². The Hall–Kier alpha value is 0.430. The third kappa shape index (κ3) is 4.43. The van der Waals surface area contributed by atoms with Gasteiger partial charge in [-0.05, 0) is 11.6 Å². The van der Waals surface area contributed by atoms with Crippen LogP contribution in [0.2, 0.25) is 0 Å². The molecule has 37 valence electrons. The lowest BCUT2D eigenvalue weighted by Gasteiger charge is -2.11. The van der Waals surface area contributed by atoms with Crippen molar-refractivity contribution in [2.75, 3.05) is 0 Å². The van der Waals surface area contributed by atoms with E-state index in [0.29, 0.717) is 5.41 Å². The first-order valence-electron chi connectivity index (χ1n) is 2.12. The highest BCUT2D eigenvalue weighted by Gasteiger charge is 2.04. The van der Waals surface area contributed by atoms with E-state index >= 15 is 0 Å². The zero-order chi connectivity index (χ0) is 5.21. The van der Waals surface area contributed by atoms with Gasteiger partial charge in [0.2, 0.25) is 0 Å². The maximum Gasteiger partial charge on any atom is -0.0148 e. The predicted octanol–water partition coefficient (Wildman–Crippen LogP) is 2.07. The summed E-state index contributed by atoms with van der Waals surface area (Å²) in [6.45, 7) is 6.50. The van der Waals surface area contributed by atoms with Crippen LogP contribution in [-0.2, 0) is 0 Å². The summed E-state index contributed by atoms with van der Waals surface area (Å²) in [4.78, 5) is 0. The van der Waals surface area contributed by atoms with E-state index in [-0.39, 0.29) is 0 Å². The van der Waals surface area contributed by atoms with Gasteiger partial charge in [-0.3, -0.25) is 0 Å². The monoisotopic (exact) mass is 103 g/mol. The molecule has 0 aromatic carbocycles. The molecule has 0 rings (SSSR count). The van der Waals surface area contributed by atoms with Gasteiger partial charge in [-0.1, -0.05) is 20.8 Å². The number of rotatable bonds is 0. The average Bonchev–Trinajstić information content (AvgIpc) is 1.35. The summed E-state index contributed by atoms with van der Waals surface area (Å²) < 4.78 is 0. The van der Waals surface area contributed by atoms with E-state index in [2.05, 4.69) is 36.2 Å². The first-order chi connectivity index (χ1) is 2.56. The molecule has 0 aromatic heterocycles. The normalized spacial score (nSPS) is 12.0. The minimum Gasteiger partial charge on any atom is -0.133 e. The maximum absolute atomic E-state index is 2.60. The van der Waals surface area contributed by atoms with Crippen molar-refractivity contribution in [2.24, 2.45) is 5.41 Å². The van der Waals surface area contributed by atoms with Crippen molar-refractivity contribution in [3.63, 3.8) is 0 Å². The van der Waals surface area contributed by atoms with Gasteiger partial charge >= 0.3 is 0 Å². The van der Waals surface area contributed by atoms with Crippen molar-refractivity contribution >= 4 is 9.24 Å². The van der Waals surface area contributed by atoms with Gasteiger partial charge in [0.1, 0.15) is 0 Å². The van der Waals surface area contributed by atoms with Crippen LogP contribution in [0.5, 0.6) is 0 Å². The smallest absolute Gasteiger partial charge is 0.0148 e. The molecule has 0 N–H and O–H groups in total. The van der Waals surface area contributed by atoms with Crippen LogP contribution in [0.1, 0.15) is 20.8 Å². The molecule has 0 amide bonds. The highest BCUT2D eigenvalue weighted by Crippen LogP contribution is 2.20. The van der Waals surface area contributed by atoms with Crippen LogP contribution in [0.3, 0.4) is 0 Å². The molecular formula is C5H12P. The molecule has 0 aromatic rings. The highest BCUT2D eigenvalue weighted by atomic mass is 31.0. The molecule has 0 saturated carbocycles. The fourth-order valence-electron chi connectivity index (χ4n) is 0. The molecule has 0 aliphatic heterocycles. The molecule has 0 nitrogen and oxygen atoms in total. The summed E-state index contributed by atoms with van der Waals surface area (Å²) in [6.07, 6.45) is 2.10. The summed E-state index contributed by atoms with van der Waals surface area (Å²) in [5.74, 6) is 0. The van der Waals surface area contributed by atoms with Crippen LogP contribution in [0.25, 0.3) is 0 Å². The Morgan fingerprint density at radius 3 is 1.50 bits per heavy atom. The molecule has 6 heavy (non-hydrogen) atoms. The summed E-state index contributed by atoms with van der Waals surface area (Å²) in [5, 5.41) is 0. The van der Waals surface area contributed by atoms with E-state index in [9.17, 15) is 0 Å². The first-order valence-corrected chi connectivity index (χ1v) is 2.79. The second-order valence-electron chi connectivity index (χ2n) is 2.53. The molecule has 0 saturated heterocycles. The van der Waals surface area contributed by atoms with Crippen molar-refractivity contribution in [3.8, 4) is 0 Å². The standard InChI is InChI=1S/C5H12P/c1-5(2,3)4-6/h4H,6H2,1-3H3. The molecule has 1 unspecified atom stereocenters. The van der Waals surface area contributed by atoms with Crippen molar-refractivity contribution in [3.05, 3.63) is 6.16 Å². The van der Waals surface area contributed by atoms with Crippen LogP contribution in [0.4, 0.5) is 0 Å². The Kier molecular flexibility index (Phi) is 2.07. The minimum atomic E-state index is 0.380. The Labute approximate surface area is 42.5 Å². The van der Waals surface area contributed by atoms with Crippen LogP contribution in [0, 0.1) is 11.6 Å². The Morgan fingerprint density at radius 1 is 1.33 bits per heavy atom. The van der Waals surface area contributed by atoms with Crippen molar-refractivity contribution in [1.82, 2.24) is 0 Å². The fourth-order valence-corrected chi connectivity index (χ4v) is 0. The van der Waals surface area contributed by atoms with Crippen molar-refractivity contribution in [1.29, 1.82) is 0 Å². The summed E-state index contributed by atoms with van der Waals surface area (Å²) in [5.41, 5.74) is 0.380.